The summed E-state index contributed by atoms with van der Waals surface area (Å²) in [5.74, 6) is -1.10. The summed E-state index contributed by atoms with van der Waals surface area (Å²) in [6.45, 7) is 40.3. The van der Waals surface area contributed by atoms with Gasteiger partial charge in [-0.2, -0.15) is 0 Å². The van der Waals surface area contributed by atoms with Gasteiger partial charge in [-0.25, -0.2) is 47.9 Å². The van der Waals surface area contributed by atoms with Crippen molar-refractivity contribution in [3.63, 3.8) is 0 Å². The molecule has 0 spiro atoms. The zero-order valence-corrected chi connectivity index (χ0v) is 80.7. The molecule has 3 aliphatic rings. The SMILES string of the molecule is C.C.CC(C)n1cnc(-c2ccc(F)cc2)c1-c1nc(C(=O)Nc2ccc(N3CCN(C)CC3)cc2)cn1COCC[Si](C)(C)C.CC(C)n1cnc(-c2ccc(F)cc2)c1-c1nc(C(=O)O)cn1COCC[Si](C)(C)C.CC(C)n1cnc(-c2ccc(F)cc2)c1-c1ncc(C(=O)Nc2ccc(N3CCN(C)CC3)cc2)[nH]1.CN1CCN(c2ccc(N)cc2)CC1.[H-].[K+]. The van der Waals surface area contributed by atoms with Crippen molar-refractivity contribution in [1.82, 2.24) is 72.4 Å². The number of rotatable bonds is 27. The molecule has 3 fully saturated rings. The van der Waals surface area contributed by atoms with E-state index in [0.717, 1.165) is 136 Å². The van der Waals surface area contributed by atoms with Gasteiger partial charge in [0, 0.05) is 189 Å². The molecule has 0 unspecified atom stereocenters. The number of hydrogen-bond acceptors (Lipinski definition) is 18. The molecule has 3 aliphatic heterocycles. The average Bonchev–Trinajstić information content (AvgIpc) is 1.64. The van der Waals surface area contributed by atoms with Crippen LogP contribution in [0.5, 0.6) is 0 Å². The number of hydrogen-bond donors (Lipinski definition) is 5. The maximum Gasteiger partial charge on any atom is 1.00 e. The van der Waals surface area contributed by atoms with E-state index in [1.165, 1.54) is 54.5 Å². The summed E-state index contributed by atoms with van der Waals surface area (Å²) in [5, 5.41) is 15.5. The van der Waals surface area contributed by atoms with E-state index < -0.39 is 22.1 Å². The van der Waals surface area contributed by atoms with E-state index in [1.54, 1.807) is 66.1 Å². The molecule has 6 aromatic carbocycles. The number of halogens is 3. The van der Waals surface area contributed by atoms with E-state index >= 15 is 0 Å². The van der Waals surface area contributed by atoms with Gasteiger partial charge in [-0.3, -0.25) is 9.59 Å². The number of carboxylic acids is 1. The second-order valence-electron chi connectivity index (χ2n) is 35.3. The van der Waals surface area contributed by atoms with Gasteiger partial charge in [0.05, 0.1) is 42.3 Å². The molecule has 128 heavy (non-hydrogen) atoms. The van der Waals surface area contributed by atoms with Gasteiger partial charge in [-0.15, -0.1) is 0 Å². The first-order valence-electron chi connectivity index (χ1n) is 42.8. The number of ether oxygens (including phenoxy) is 2. The monoisotopic (exact) mass is 1810 g/mol. The number of H-pyrrole nitrogens is 1. The Hall–Kier alpha value is -10.1. The quantitative estimate of drug-likeness (QED) is 0.0182. The molecule has 0 radical (unpaired) electrons. The largest absolute Gasteiger partial charge is 1.00 e. The number of aromatic carboxylic acids is 1. The maximum atomic E-state index is 13.8. The van der Waals surface area contributed by atoms with Gasteiger partial charge in [0.1, 0.15) is 59.4 Å². The van der Waals surface area contributed by atoms with E-state index in [4.69, 9.17) is 25.2 Å². The van der Waals surface area contributed by atoms with Crippen LogP contribution >= 0.6 is 0 Å². The molecule has 27 nitrogen and oxygen atoms in total. The molecule has 3 saturated heterocycles. The molecular formula is C95H129F3KN21O6Si2. The molecule has 15 rings (SSSR count). The van der Waals surface area contributed by atoms with Crippen LogP contribution in [0.3, 0.4) is 0 Å². The van der Waals surface area contributed by atoms with Crippen LogP contribution < -0.4 is 82.5 Å². The molecule has 6 aromatic heterocycles. The number of anilines is 6. The second-order valence-corrected chi connectivity index (χ2v) is 46.5. The Morgan fingerprint density at radius 3 is 1.12 bits per heavy atom. The maximum absolute atomic E-state index is 13.8. The zero-order chi connectivity index (χ0) is 89.4. The Morgan fingerprint density at radius 1 is 0.461 bits per heavy atom. The average molecular weight is 1810 g/mol. The van der Waals surface area contributed by atoms with Crippen molar-refractivity contribution < 1.29 is 94.9 Å². The molecule has 33 heteroatoms. The van der Waals surface area contributed by atoms with Gasteiger partial charge in [0.15, 0.2) is 23.2 Å². The minimum Gasteiger partial charge on any atom is -1.00 e. The number of aromatic nitrogens is 12. The van der Waals surface area contributed by atoms with Gasteiger partial charge in [-0.05, 0) is 220 Å². The minimum atomic E-state index is -1.28. The predicted octanol–water partition coefficient (Wildman–Crippen LogP) is 15.7. The molecule has 12 aromatic rings. The van der Waals surface area contributed by atoms with Crippen LogP contribution in [0.2, 0.25) is 51.4 Å². The Morgan fingerprint density at radius 2 is 0.781 bits per heavy atom. The second kappa shape index (κ2) is 46.4. The standard InChI is InChI=1S/C33H44FN7O2Si.C27H30FN7O.C22H29FN4O3Si.C11H17N3.2CH4.K.H/c1-24(2)41-22-35-30(25-7-9-26(34)10-8-25)31(41)32-37-29(21-40(32)23-43-19-20-44(4,5)6)33(42)36-27-11-13-28(14-12-27)39-17-15-38(3)16-18-39;1-18(2)35-17-30-24(19-4-6-20(28)7-5-19)25(35)26-29-16-23(32-26)27(36)31-21-8-10-22(11-9-21)34-14-12-33(3)13-15-34;1-15(2)27-13-24-19(16-6-8-17(23)9-7-16)20(27)21-25-18(22(28)29)12-26(21)14-30-10-11-31(3,4)5;1-13-6-8-14(9-7-13)11-4-2-10(12)3-5-11;;;;/h7-14,21-22,24H,15-20,23H2,1-6H3,(H,36,42);4-11,16-18H,12-15H2,1-3H3,(H,29,32)(H,31,36);6-9,12-13,15H,10-11,14H2,1-5H3,(H,28,29);2-5H,6-9,12H2,1H3;2*1H4;;/q;;;;;;+1;-1. The first kappa shape index (κ1) is 102. The van der Waals surface area contributed by atoms with Crippen LogP contribution in [0, 0.1) is 17.5 Å². The van der Waals surface area contributed by atoms with Gasteiger partial charge >= 0.3 is 57.4 Å². The number of carbonyl (C=O) groups excluding carboxylic acids is 2. The molecule has 2 amide bonds. The first-order chi connectivity index (χ1) is 59.7. The summed E-state index contributed by atoms with van der Waals surface area (Å²) < 4.78 is 62.2. The fraction of sp³-hybridized carbons (Fsp3) is 0.400. The number of nitrogen functional groups attached to an aromatic ring is 1. The van der Waals surface area contributed by atoms with Crippen LogP contribution in [0.15, 0.2) is 183 Å². The van der Waals surface area contributed by atoms with Crippen LogP contribution in [0.25, 0.3) is 68.3 Å². The third-order valence-corrected chi connectivity index (χ3v) is 25.5. The van der Waals surface area contributed by atoms with Crippen molar-refractivity contribution in [1.29, 1.82) is 0 Å². The summed E-state index contributed by atoms with van der Waals surface area (Å²) in [6, 6.07) is 44.8. The number of carbonyl (C=O) groups is 3. The Kier molecular flexibility index (Phi) is 36.8. The van der Waals surface area contributed by atoms with Crippen molar-refractivity contribution in [3.05, 3.63) is 218 Å². The number of carboxylic acid groups (broad SMARTS) is 1. The number of piperazine rings is 3. The number of nitrogens with two attached hydrogens (primary N) is 1. The summed E-state index contributed by atoms with van der Waals surface area (Å²) >= 11 is 0. The van der Waals surface area contributed by atoms with Crippen LogP contribution in [-0.4, -0.2) is 224 Å². The number of benzene rings is 6. The van der Waals surface area contributed by atoms with Crippen molar-refractivity contribution in [3.8, 4) is 68.3 Å². The van der Waals surface area contributed by atoms with Crippen molar-refractivity contribution >= 4 is 68.1 Å². The summed E-state index contributed by atoms with van der Waals surface area (Å²) in [4.78, 5) is 82.9. The number of likely N-dealkylation sites (N-methyl/N-ethyl adjacent to an activating group) is 3. The van der Waals surface area contributed by atoms with Gasteiger partial charge < -0.3 is 89.6 Å². The van der Waals surface area contributed by atoms with Crippen LogP contribution in [0.4, 0.5) is 47.3 Å². The third kappa shape index (κ3) is 27.5. The minimum absolute atomic E-state index is 0. The number of nitrogens with zero attached hydrogens (tertiary/aromatic N) is 17. The number of nitrogens with one attached hydrogen (secondary N) is 3. The van der Waals surface area contributed by atoms with Crippen LogP contribution in [-0.2, 0) is 22.9 Å². The summed E-state index contributed by atoms with van der Waals surface area (Å²) in [7, 11) is 3.92. The van der Waals surface area contributed by atoms with Crippen molar-refractivity contribution in [2.75, 3.05) is 144 Å². The van der Waals surface area contributed by atoms with Gasteiger partial charge in [0.2, 0.25) is 0 Å². The molecular weight excluding hydrogens is 1680 g/mol. The summed E-state index contributed by atoms with van der Waals surface area (Å²) in [5.41, 5.74) is 18.4. The fourth-order valence-corrected chi connectivity index (χ4v) is 15.9. The number of aromatic amines is 1. The Balaban J connectivity index is 0.000000221. The summed E-state index contributed by atoms with van der Waals surface area (Å²) in [6.07, 6.45) is 9.95. The molecule has 0 saturated carbocycles. The Labute approximate surface area is 798 Å². The molecule has 0 bridgehead atoms. The topological polar surface area (TPSA) is 277 Å². The molecule has 0 atom stereocenters. The molecule has 680 valence electrons. The number of imidazole rings is 6. The molecule has 6 N–H and O–H groups in total. The van der Waals surface area contributed by atoms with E-state index in [9.17, 15) is 32.7 Å². The van der Waals surface area contributed by atoms with E-state index in [-0.39, 0.29) is 140 Å². The Bertz CT molecular complexity index is 5520. The van der Waals surface area contributed by atoms with Gasteiger partial charge in [-0.1, -0.05) is 54.1 Å². The van der Waals surface area contributed by atoms with E-state index in [1.807, 2.05) is 107 Å². The van der Waals surface area contributed by atoms with Crippen molar-refractivity contribution in [2.45, 2.75) is 139 Å². The smallest absolute Gasteiger partial charge is 1.00 e. The first-order valence-corrected chi connectivity index (χ1v) is 50.2. The zero-order valence-electron chi connectivity index (χ0n) is 76.6. The fourth-order valence-electron chi connectivity index (χ4n) is 14.4. The van der Waals surface area contributed by atoms with Crippen molar-refractivity contribution in [2.24, 2.45) is 0 Å². The van der Waals surface area contributed by atoms with Gasteiger partial charge in [0.25, 0.3) is 11.8 Å². The third-order valence-electron chi connectivity index (χ3n) is 22.1. The normalized spacial score (nSPS) is 13.9. The van der Waals surface area contributed by atoms with E-state index in [2.05, 4.69) is 151 Å². The van der Waals surface area contributed by atoms with Crippen LogP contribution in [0.1, 0.15) is 107 Å². The van der Waals surface area contributed by atoms with E-state index in [0.29, 0.717) is 70.5 Å². The number of amides is 2. The predicted molar refractivity (Wildman–Crippen MR) is 513 cm³/mol. The molecule has 9 heterocycles. The molecule has 0 aliphatic carbocycles.